The van der Waals surface area contributed by atoms with Crippen molar-refractivity contribution in [1.82, 2.24) is 5.32 Å². The van der Waals surface area contributed by atoms with Crippen LogP contribution in [0.2, 0.25) is 5.02 Å². The van der Waals surface area contributed by atoms with Gasteiger partial charge in [-0.1, -0.05) is 41.6 Å². The van der Waals surface area contributed by atoms with E-state index in [2.05, 4.69) is 11.4 Å². The lowest BCUT2D eigenvalue weighted by Crippen LogP contribution is -2.17. The molecule has 0 radical (unpaired) electrons. The molecular weight excluding hydrogens is 402 g/mol. The number of carbonyl (C=O) groups excluding carboxylic acids is 1. The summed E-state index contributed by atoms with van der Waals surface area (Å²) in [6, 6.07) is 11.4. The zero-order valence-electron chi connectivity index (χ0n) is 14.9. The van der Waals surface area contributed by atoms with Crippen molar-refractivity contribution < 1.29 is 14.3 Å². The highest BCUT2D eigenvalue weighted by atomic mass is 35.5. The zero-order valence-corrected chi connectivity index (χ0v) is 17.3. The second kappa shape index (κ2) is 8.78. The third-order valence-corrected chi connectivity index (χ3v) is 5.10. The van der Waals surface area contributed by atoms with E-state index in [0.29, 0.717) is 33.2 Å². The van der Waals surface area contributed by atoms with Gasteiger partial charge in [0.2, 0.25) is 0 Å². The lowest BCUT2D eigenvalue weighted by molar-refractivity contribution is -0.115. The van der Waals surface area contributed by atoms with Gasteiger partial charge in [-0.15, -0.1) is 0 Å². The number of thioether (sulfide) groups is 1. The molecule has 7 heteroatoms. The van der Waals surface area contributed by atoms with Gasteiger partial charge < -0.3 is 14.8 Å². The van der Waals surface area contributed by atoms with E-state index in [0.717, 1.165) is 22.4 Å². The van der Waals surface area contributed by atoms with E-state index in [-0.39, 0.29) is 5.91 Å². The van der Waals surface area contributed by atoms with Crippen LogP contribution in [0.25, 0.3) is 6.08 Å². The van der Waals surface area contributed by atoms with E-state index in [4.69, 9.17) is 33.3 Å². The molecule has 2 aromatic carbocycles. The lowest BCUT2D eigenvalue weighted by Gasteiger charge is -2.12. The third kappa shape index (κ3) is 5.48. The van der Waals surface area contributed by atoms with E-state index in [1.54, 1.807) is 24.3 Å². The number of benzene rings is 2. The van der Waals surface area contributed by atoms with Gasteiger partial charge in [0.15, 0.2) is 0 Å². The quantitative estimate of drug-likeness (QED) is 0.410. The maximum absolute atomic E-state index is 11.9. The number of amides is 1. The van der Waals surface area contributed by atoms with Crippen molar-refractivity contribution in [2.24, 2.45) is 0 Å². The largest absolute Gasteiger partial charge is 0.490 e. The Morgan fingerprint density at radius 2 is 1.81 bits per heavy atom. The van der Waals surface area contributed by atoms with Crippen LogP contribution in [-0.4, -0.2) is 23.4 Å². The molecule has 1 heterocycles. The van der Waals surface area contributed by atoms with Gasteiger partial charge >= 0.3 is 0 Å². The fraction of sp³-hybridized carbons (Fsp3) is 0.200. The summed E-state index contributed by atoms with van der Waals surface area (Å²) < 4.78 is 12.1. The Balaban J connectivity index is 1.66. The number of halogens is 1. The van der Waals surface area contributed by atoms with E-state index in [1.807, 2.05) is 26.0 Å². The summed E-state index contributed by atoms with van der Waals surface area (Å²) in [4.78, 5) is 12.4. The molecule has 1 N–H and O–H groups in total. The van der Waals surface area contributed by atoms with E-state index >= 15 is 0 Å². The number of thiocarbonyl (C=S) groups is 1. The number of rotatable bonds is 6. The minimum atomic E-state index is -0.214. The van der Waals surface area contributed by atoms with E-state index in [1.165, 1.54) is 11.8 Å². The summed E-state index contributed by atoms with van der Waals surface area (Å²) in [5.41, 5.74) is 3.03. The molecular formula is C20H18ClNO3S2. The number of hydrogen-bond donors (Lipinski definition) is 1. The van der Waals surface area contributed by atoms with Crippen LogP contribution < -0.4 is 14.8 Å². The van der Waals surface area contributed by atoms with Crippen molar-refractivity contribution >= 4 is 51.9 Å². The summed E-state index contributed by atoms with van der Waals surface area (Å²) in [5.74, 6) is 1.23. The Hall–Kier alpha value is -2.02. The molecule has 2 aromatic rings. The highest BCUT2D eigenvalue weighted by molar-refractivity contribution is 8.26. The first-order valence-corrected chi connectivity index (χ1v) is 9.89. The molecule has 0 bridgehead atoms. The van der Waals surface area contributed by atoms with Gasteiger partial charge in [-0.05, 0) is 61.4 Å². The molecule has 27 heavy (non-hydrogen) atoms. The van der Waals surface area contributed by atoms with Gasteiger partial charge in [-0.25, -0.2) is 0 Å². The predicted molar refractivity (Wildman–Crippen MR) is 115 cm³/mol. The van der Waals surface area contributed by atoms with Crippen LogP contribution in [0.15, 0.2) is 41.3 Å². The molecule has 0 aromatic heterocycles. The summed E-state index contributed by atoms with van der Waals surface area (Å²) >= 11 is 12.3. The smallest absolute Gasteiger partial charge is 0.263 e. The maximum Gasteiger partial charge on any atom is 0.263 e. The topological polar surface area (TPSA) is 47.6 Å². The Labute approximate surface area is 172 Å². The predicted octanol–water partition coefficient (Wildman–Crippen LogP) is 4.90. The molecule has 1 fully saturated rings. The van der Waals surface area contributed by atoms with Gasteiger partial charge in [0, 0.05) is 10.6 Å². The monoisotopic (exact) mass is 419 g/mol. The SMILES string of the molecule is Cc1cc(C)cc(OCCOc2ccc(Cl)cc2C=C2SC(=S)NC2=O)c1. The summed E-state index contributed by atoms with van der Waals surface area (Å²) in [5, 5.41) is 3.16. The van der Waals surface area contributed by atoms with Crippen LogP contribution in [0.4, 0.5) is 0 Å². The molecule has 1 aliphatic rings. The number of ether oxygens (including phenoxy) is 2. The Kier molecular flexibility index (Phi) is 6.42. The molecule has 140 valence electrons. The van der Waals surface area contributed by atoms with Crippen LogP contribution in [0.5, 0.6) is 11.5 Å². The highest BCUT2D eigenvalue weighted by Gasteiger charge is 2.22. The molecule has 1 saturated heterocycles. The van der Waals surface area contributed by atoms with Crippen molar-refractivity contribution in [3.05, 3.63) is 63.0 Å². The number of hydrogen-bond acceptors (Lipinski definition) is 5. The van der Waals surface area contributed by atoms with Crippen molar-refractivity contribution in [3.8, 4) is 11.5 Å². The molecule has 1 amide bonds. The van der Waals surface area contributed by atoms with Crippen LogP contribution in [-0.2, 0) is 4.79 Å². The third-order valence-electron chi connectivity index (χ3n) is 3.71. The summed E-state index contributed by atoms with van der Waals surface area (Å²) in [6.07, 6.45) is 1.73. The number of carbonyl (C=O) groups is 1. The molecule has 1 aliphatic heterocycles. The normalized spacial score (nSPS) is 15.1. The Morgan fingerprint density at radius 3 is 2.48 bits per heavy atom. The first kappa shape index (κ1) is 19.7. The minimum absolute atomic E-state index is 0.214. The fourth-order valence-corrected chi connectivity index (χ4v) is 3.87. The molecule has 0 spiro atoms. The van der Waals surface area contributed by atoms with Crippen LogP contribution >= 0.6 is 35.6 Å². The Morgan fingerprint density at radius 1 is 1.11 bits per heavy atom. The highest BCUT2D eigenvalue weighted by Crippen LogP contribution is 2.31. The van der Waals surface area contributed by atoms with Gasteiger partial charge in [0.1, 0.15) is 29.0 Å². The standard InChI is InChI=1S/C20H18ClNO3S2/c1-12-7-13(2)9-16(8-12)24-5-6-25-17-4-3-15(21)10-14(17)11-18-19(23)22-20(26)27-18/h3-4,7-11H,5-6H2,1-2H3,(H,22,23,26). The molecule has 3 rings (SSSR count). The minimum Gasteiger partial charge on any atom is -0.490 e. The molecule has 4 nitrogen and oxygen atoms in total. The second-order valence-electron chi connectivity index (χ2n) is 6.05. The van der Waals surface area contributed by atoms with Gasteiger partial charge in [-0.2, -0.15) is 0 Å². The molecule has 0 atom stereocenters. The van der Waals surface area contributed by atoms with Gasteiger partial charge in [0.25, 0.3) is 5.91 Å². The summed E-state index contributed by atoms with van der Waals surface area (Å²) in [6.45, 7) is 4.84. The fourth-order valence-electron chi connectivity index (χ4n) is 2.65. The molecule has 0 unspecified atom stereocenters. The van der Waals surface area contributed by atoms with Crippen molar-refractivity contribution in [3.63, 3.8) is 0 Å². The zero-order chi connectivity index (χ0) is 19.4. The van der Waals surface area contributed by atoms with Crippen LogP contribution in [0, 0.1) is 13.8 Å². The second-order valence-corrected chi connectivity index (χ2v) is 8.21. The van der Waals surface area contributed by atoms with Crippen LogP contribution in [0.3, 0.4) is 0 Å². The molecule has 0 aliphatic carbocycles. The maximum atomic E-state index is 11.9. The average Bonchev–Trinajstić information content (AvgIpc) is 2.89. The average molecular weight is 420 g/mol. The Bertz CT molecular complexity index is 907. The summed E-state index contributed by atoms with van der Waals surface area (Å²) in [7, 11) is 0. The van der Waals surface area contributed by atoms with Gasteiger partial charge in [0.05, 0.1) is 4.91 Å². The van der Waals surface area contributed by atoms with Gasteiger partial charge in [-0.3, -0.25) is 4.79 Å². The van der Waals surface area contributed by atoms with Crippen LogP contribution in [0.1, 0.15) is 16.7 Å². The first-order chi connectivity index (χ1) is 12.9. The lowest BCUT2D eigenvalue weighted by atomic mass is 10.1. The number of aryl methyl sites for hydroxylation is 2. The molecule has 0 saturated carbocycles. The van der Waals surface area contributed by atoms with Crippen molar-refractivity contribution in [1.29, 1.82) is 0 Å². The van der Waals surface area contributed by atoms with E-state index < -0.39 is 0 Å². The van der Waals surface area contributed by atoms with Crippen molar-refractivity contribution in [2.75, 3.05) is 13.2 Å². The van der Waals surface area contributed by atoms with Crippen molar-refractivity contribution in [2.45, 2.75) is 13.8 Å². The number of nitrogens with one attached hydrogen (secondary N) is 1. The first-order valence-electron chi connectivity index (χ1n) is 8.29. The van der Waals surface area contributed by atoms with E-state index in [9.17, 15) is 4.79 Å².